The Hall–Kier alpha value is -2.17. The van der Waals surface area contributed by atoms with Gasteiger partial charge in [0, 0.05) is 55.2 Å². The van der Waals surface area contributed by atoms with Gasteiger partial charge in [-0.2, -0.15) is 0 Å². The normalized spacial score (nSPS) is 25.1. The number of fused-ring (bicyclic) bond motifs is 2. The summed E-state index contributed by atoms with van der Waals surface area (Å²) in [4.78, 5) is 4.97. The van der Waals surface area contributed by atoms with E-state index in [-0.39, 0.29) is 5.82 Å². The lowest BCUT2D eigenvalue weighted by Crippen LogP contribution is -2.35. The van der Waals surface area contributed by atoms with Gasteiger partial charge in [0.1, 0.15) is 5.82 Å². The first-order valence-electron chi connectivity index (χ1n) is 10.3. The Bertz CT molecular complexity index is 1020. The summed E-state index contributed by atoms with van der Waals surface area (Å²) >= 11 is 0. The van der Waals surface area contributed by atoms with E-state index in [9.17, 15) is 4.39 Å². The number of hydrogen-bond donors (Lipinski definition) is 0. The zero-order valence-electron chi connectivity index (χ0n) is 16.9. The van der Waals surface area contributed by atoms with Crippen molar-refractivity contribution in [1.29, 1.82) is 0 Å². The third-order valence-electron chi connectivity index (χ3n) is 6.93. The highest BCUT2D eigenvalue weighted by Crippen LogP contribution is 2.43. The van der Waals surface area contributed by atoms with Crippen molar-refractivity contribution < 1.29 is 4.39 Å². The largest absolute Gasteiger partial charge is 0.350 e. The summed E-state index contributed by atoms with van der Waals surface area (Å²) < 4.78 is 16.5. The van der Waals surface area contributed by atoms with Crippen molar-refractivity contribution >= 4 is 10.9 Å². The maximum absolute atomic E-state index is 14.2. The lowest BCUT2D eigenvalue weighted by Gasteiger charge is -2.26. The summed E-state index contributed by atoms with van der Waals surface area (Å²) in [5, 5.41) is 1.36. The van der Waals surface area contributed by atoms with Crippen LogP contribution in [0.1, 0.15) is 35.1 Å². The number of benzene rings is 2. The standard InChI is InChI=1S/C24H28FN3/c1-26(2)24-15-28(23-12-11-16-17(23)8-6-9-21(16)25)14-20(24)19-13-27(3)22-10-5-4-7-18(19)22/h4-10,13,20,23-24H,11-12,14-15H2,1-3H3. The van der Waals surface area contributed by atoms with E-state index < -0.39 is 0 Å². The Labute approximate surface area is 166 Å². The van der Waals surface area contributed by atoms with Gasteiger partial charge >= 0.3 is 0 Å². The number of nitrogens with zero attached hydrogens (tertiary/aromatic N) is 3. The predicted molar refractivity (Wildman–Crippen MR) is 112 cm³/mol. The number of halogens is 1. The van der Waals surface area contributed by atoms with Crippen LogP contribution in [0.25, 0.3) is 10.9 Å². The molecule has 5 rings (SSSR count). The van der Waals surface area contributed by atoms with Gasteiger partial charge in [0.25, 0.3) is 0 Å². The topological polar surface area (TPSA) is 11.4 Å². The van der Waals surface area contributed by atoms with Crippen molar-refractivity contribution in [2.24, 2.45) is 7.05 Å². The van der Waals surface area contributed by atoms with E-state index in [4.69, 9.17) is 0 Å². The molecule has 0 N–H and O–H groups in total. The molecule has 28 heavy (non-hydrogen) atoms. The molecule has 2 aliphatic rings. The Morgan fingerprint density at radius 1 is 1.00 bits per heavy atom. The monoisotopic (exact) mass is 377 g/mol. The predicted octanol–water partition coefficient (Wildman–Crippen LogP) is 4.33. The van der Waals surface area contributed by atoms with Crippen molar-refractivity contribution in [3.63, 3.8) is 0 Å². The Kier molecular flexibility index (Phi) is 4.29. The molecule has 146 valence electrons. The van der Waals surface area contributed by atoms with Gasteiger partial charge in [-0.05, 0) is 55.8 Å². The average Bonchev–Trinajstić information content (AvgIpc) is 3.38. The minimum atomic E-state index is -0.0334. The number of aryl methyl sites for hydroxylation is 1. The van der Waals surface area contributed by atoms with Gasteiger partial charge in [0.15, 0.2) is 0 Å². The van der Waals surface area contributed by atoms with Crippen molar-refractivity contribution in [3.8, 4) is 0 Å². The van der Waals surface area contributed by atoms with Crippen LogP contribution in [0.3, 0.4) is 0 Å². The molecule has 3 unspecified atom stereocenters. The molecule has 3 atom stereocenters. The number of hydrogen-bond acceptors (Lipinski definition) is 2. The number of aromatic nitrogens is 1. The van der Waals surface area contributed by atoms with E-state index >= 15 is 0 Å². The fourth-order valence-electron chi connectivity index (χ4n) is 5.54. The highest BCUT2D eigenvalue weighted by atomic mass is 19.1. The molecule has 1 aliphatic carbocycles. The van der Waals surface area contributed by atoms with Gasteiger partial charge in [-0.3, -0.25) is 4.90 Å². The van der Waals surface area contributed by atoms with Crippen molar-refractivity contribution in [1.82, 2.24) is 14.4 Å². The van der Waals surface area contributed by atoms with E-state index in [1.54, 1.807) is 6.07 Å². The minimum absolute atomic E-state index is 0.0334. The molecule has 1 aromatic heterocycles. The van der Waals surface area contributed by atoms with Crippen LogP contribution in [0.2, 0.25) is 0 Å². The highest BCUT2D eigenvalue weighted by molar-refractivity contribution is 5.84. The molecule has 1 fully saturated rings. The number of rotatable bonds is 3. The molecular formula is C24H28FN3. The van der Waals surface area contributed by atoms with E-state index in [0.29, 0.717) is 18.0 Å². The Balaban J connectivity index is 1.51. The second-order valence-electron chi connectivity index (χ2n) is 8.67. The fraction of sp³-hybridized carbons (Fsp3) is 0.417. The molecular weight excluding hydrogens is 349 g/mol. The third kappa shape index (κ3) is 2.70. The molecule has 1 aliphatic heterocycles. The van der Waals surface area contributed by atoms with E-state index in [1.165, 1.54) is 22.0 Å². The molecule has 4 heteroatoms. The molecule has 0 amide bonds. The van der Waals surface area contributed by atoms with Crippen LogP contribution >= 0.6 is 0 Å². The van der Waals surface area contributed by atoms with Gasteiger partial charge in [0.05, 0.1) is 0 Å². The molecule has 2 heterocycles. The van der Waals surface area contributed by atoms with Crippen LogP contribution in [0.5, 0.6) is 0 Å². The summed E-state index contributed by atoms with van der Waals surface area (Å²) in [6.07, 6.45) is 4.20. The van der Waals surface area contributed by atoms with Crippen LogP contribution in [-0.4, -0.2) is 47.6 Å². The fourth-order valence-corrected chi connectivity index (χ4v) is 5.54. The molecule has 1 saturated heterocycles. The van der Waals surface area contributed by atoms with Crippen LogP contribution < -0.4 is 0 Å². The zero-order chi connectivity index (χ0) is 19.4. The van der Waals surface area contributed by atoms with Gasteiger partial charge in [-0.15, -0.1) is 0 Å². The van der Waals surface area contributed by atoms with Gasteiger partial charge < -0.3 is 9.47 Å². The van der Waals surface area contributed by atoms with Gasteiger partial charge in [-0.25, -0.2) is 4.39 Å². The van der Waals surface area contributed by atoms with Crippen molar-refractivity contribution in [3.05, 3.63) is 71.2 Å². The molecule has 0 radical (unpaired) electrons. The first-order valence-corrected chi connectivity index (χ1v) is 10.3. The second kappa shape index (κ2) is 6.71. The maximum atomic E-state index is 14.2. The second-order valence-corrected chi connectivity index (χ2v) is 8.67. The maximum Gasteiger partial charge on any atom is 0.126 e. The molecule has 2 aromatic carbocycles. The molecule has 3 aromatic rings. The van der Waals surface area contributed by atoms with E-state index in [0.717, 1.165) is 31.5 Å². The van der Waals surface area contributed by atoms with Gasteiger partial charge in [-0.1, -0.05) is 30.3 Å². The molecule has 0 bridgehead atoms. The summed E-state index contributed by atoms with van der Waals surface area (Å²) in [6, 6.07) is 15.1. The van der Waals surface area contributed by atoms with E-state index in [2.05, 4.69) is 72.0 Å². The third-order valence-corrected chi connectivity index (χ3v) is 6.93. The molecule has 3 nitrogen and oxygen atoms in total. The Morgan fingerprint density at radius 3 is 2.64 bits per heavy atom. The van der Waals surface area contributed by atoms with Crippen molar-refractivity contribution in [2.45, 2.75) is 30.8 Å². The van der Waals surface area contributed by atoms with Crippen LogP contribution in [-0.2, 0) is 13.5 Å². The summed E-state index contributed by atoms with van der Waals surface area (Å²) in [7, 11) is 6.52. The quantitative estimate of drug-likeness (QED) is 0.673. The number of para-hydroxylation sites is 1. The van der Waals surface area contributed by atoms with Crippen molar-refractivity contribution in [2.75, 3.05) is 27.2 Å². The zero-order valence-corrected chi connectivity index (χ0v) is 16.9. The summed E-state index contributed by atoms with van der Waals surface area (Å²) in [5.74, 6) is 0.424. The minimum Gasteiger partial charge on any atom is -0.350 e. The lowest BCUT2D eigenvalue weighted by molar-refractivity contribution is 0.216. The Morgan fingerprint density at radius 2 is 1.82 bits per heavy atom. The molecule has 0 spiro atoms. The number of likely N-dealkylation sites (tertiary alicyclic amines) is 1. The summed E-state index contributed by atoms with van der Waals surface area (Å²) in [5.41, 5.74) is 4.87. The van der Waals surface area contributed by atoms with Crippen LogP contribution in [0.4, 0.5) is 4.39 Å². The highest BCUT2D eigenvalue weighted by Gasteiger charge is 2.41. The average molecular weight is 378 g/mol. The smallest absolute Gasteiger partial charge is 0.126 e. The summed E-state index contributed by atoms with van der Waals surface area (Å²) in [6.45, 7) is 2.05. The van der Waals surface area contributed by atoms with E-state index in [1.807, 2.05) is 6.07 Å². The number of likely N-dealkylation sites (N-methyl/N-ethyl adjacent to an activating group) is 1. The van der Waals surface area contributed by atoms with Crippen LogP contribution in [0.15, 0.2) is 48.7 Å². The molecule has 0 saturated carbocycles. The SMILES string of the molecule is CN(C)C1CN(C2CCc3c(F)cccc32)CC1c1cn(C)c2ccccc12. The lowest BCUT2D eigenvalue weighted by atomic mass is 9.93. The first kappa shape index (κ1) is 17.9. The first-order chi connectivity index (χ1) is 13.5. The van der Waals surface area contributed by atoms with Crippen LogP contribution in [0, 0.1) is 5.82 Å². The van der Waals surface area contributed by atoms with Gasteiger partial charge in [0.2, 0.25) is 0 Å².